The monoisotopic (exact) mass is 251 g/mol. The molecule has 0 spiro atoms. The second kappa shape index (κ2) is 5.54. The second-order valence-corrected chi connectivity index (χ2v) is 4.91. The molecular formula is C13H21N3O2. The van der Waals surface area contributed by atoms with Crippen LogP contribution in [0, 0.1) is 12.8 Å². The molecule has 100 valence electrons. The van der Waals surface area contributed by atoms with Gasteiger partial charge in [-0.2, -0.15) is 0 Å². The van der Waals surface area contributed by atoms with Crippen molar-refractivity contribution in [1.82, 2.24) is 4.90 Å². The molecule has 1 saturated heterocycles. The Labute approximate surface area is 107 Å². The number of carbonyl (C=O) groups is 1. The number of amides is 1. The number of furan rings is 1. The summed E-state index contributed by atoms with van der Waals surface area (Å²) < 4.78 is 5.65. The summed E-state index contributed by atoms with van der Waals surface area (Å²) in [6.45, 7) is 4.13. The molecule has 0 saturated carbocycles. The Bertz CT molecular complexity index is 408. The van der Waals surface area contributed by atoms with Crippen LogP contribution < -0.4 is 11.5 Å². The number of carbonyl (C=O) groups excluding carboxylic acids is 1. The predicted octanol–water partition coefficient (Wildman–Crippen LogP) is 0.785. The predicted molar refractivity (Wildman–Crippen MR) is 68.7 cm³/mol. The van der Waals surface area contributed by atoms with E-state index in [4.69, 9.17) is 15.9 Å². The van der Waals surface area contributed by atoms with E-state index in [0.717, 1.165) is 37.5 Å². The van der Waals surface area contributed by atoms with Crippen molar-refractivity contribution in [3.05, 3.63) is 23.7 Å². The molecule has 18 heavy (non-hydrogen) atoms. The van der Waals surface area contributed by atoms with Crippen LogP contribution in [0.2, 0.25) is 0 Å². The minimum atomic E-state index is -0.187. The van der Waals surface area contributed by atoms with E-state index < -0.39 is 0 Å². The van der Waals surface area contributed by atoms with Crippen LogP contribution in [0.1, 0.15) is 30.4 Å². The van der Waals surface area contributed by atoms with Crippen LogP contribution >= 0.6 is 0 Å². The molecule has 1 aromatic rings. The smallest absolute Gasteiger partial charge is 0.220 e. The van der Waals surface area contributed by atoms with Gasteiger partial charge in [-0.25, -0.2) is 0 Å². The average molecular weight is 251 g/mol. The maximum Gasteiger partial charge on any atom is 0.220 e. The molecule has 0 bridgehead atoms. The zero-order valence-corrected chi connectivity index (χ0v) is 10.8. The van der Waals surface area contributed by atoms with Crippen molar-refractivity contribution in [2.75, 3.05) is 19.6 Å². The zero-order chi connectivity index (χ0) is 13.1. The standard InChI is InChI=1S/C13H21N3O2/c1-9-2-3-12(18-9)11(8-14)16-6-4-10(5-7-16)13(15)17/h2-3,10-11H,4-8,14H2,1H3,(H2,15,17). The van der Waals surface area contributed by atoms with Gasteiger partial charge in [0.25, 0.3) is 0 Å². The van der Waals surface area contributed by atoms with Crippen LogP contribution in [0.4, 0.5) is 0 Å². The van der Waals surface area contributed by atoms with Crippen LogP contribution in [-0.2, 0) is 4.79 Å². The van der Waals surface area contributed by atoms with Gasteiger partial charge in [-0.05, 0) is 45.0 Å². The highest BCUT2D eigenvalue weighted by atomic mass is 16.3. The normalized spacial score (nSPS) is 19.9. The van der Waals surface area contributed by atoms with Crippen molar-refractivity contribution in [2.45, 2.75) is 25.8 Å². The summed E-state index contributed by atoms with van der Waals surface area (Å²) in [5.41, 5.74) is 11.2. The Morgan fingerprint density at radius 1 is 1.50 bits per heavy atom. The second-order valence-electron chi connectivity index (χ2n) is 4.91. The van der Waals surface area contributed by atoms with Crippen molar-refractivity contribution < 1.29 is 9.21 Å². The quantitative estimate of drug-likeness (QED) is 0.828. The lowest BCUT2D eigenvalue weighted by atomic mass is 9.95. The number of hydrogen-bond acceptors (Lipinski definition) is 4. The summed E-state index contributed by atoms with van der Waals surface area (Å²) in [4.78, 5) is 13.4. The highest BCUT2D eigenvalue weighted by Crippen LogP contribution is 2.27. The fourth-order valence-electron chi connectivity index (χ4n) is 2.57. The lowest BCUT2D eigenvalue weighted by Crippen LogP contribution is -2.42. The van der Waals surface area contributed by atoms with E-state index >= 15 is 0 Å². The van der Waals surface area contributed by atoms with Gasteiger partial charge >= 0.3 is 0 Å². The van der Waals surface area contributed by atoms with E-state index in [1.807, 2.05) is 19.1 Å². The van der Waals surface area contributed by atoms with Gasteiger partial charge in [-0.3, -0.25) is 9.69 Å². The highest BCUT2D eigenvalue weighted by Gasteiger charge is 2.28. The molecule has 1 atom stereocenters. The first kappa shape index (κ1) is 13.1. The molecule has 1 amide bonds. The van der Waals surface area contributed by atoms with E-state index in [2.05, 4.69) is 4.90 Å². The lowest BCUT2D eigenvalue weighted by molar-refractivity contribution is -0.123. The number of nitrogens with two attached hydrogens (primary N) is 2. The maximum absolute atomic E-state index is 11.1. The van der Waals surface area contributed by atoms with Crippen molar-refractivity contribution >= 4 is 5.91 Å². The summed E-state index contributed by atoms with van der Waals surface area (Å²) in [6.07, 6.45) is 1.62. The first-order valence-corrected chi connectivity index (χ1v) is 6.41. The van der Waals surface area contributed by atoms with E-state index in [-0.39, 0.29) is 17.9 Å². The first-order chi connectivity index (χ1) is 8.61. The van der Waals surface area contributed by atoms with Gasteiger partial charge < -0.3 is 15.9 Å². The van der Waals surface area contributed by atoms with E-state index in [1.54, 1.807) is 0 Å². The Hall–Kier alpha value is -1.33. The summed E-state index contributed by atoms with van der Waals surface area (Å²) in [6, 6.07) is 4.04. The molecule has 5 heteroatoms. The van der Waals surface area contributed by atoms with Crippen LogP contribution in [0.3, 0.4) is 0 Å². The molecule has 2 rings (SSSR count). The van der Waals surface area contributed by atoms with Crippen LogP contribution in [0.15, 0.2) is 16.5 Å². The third kappa shape index (κ3) is 2.73. The average Bonchev–Trinajstić information content (AvgIpc) is 2.77. The van der Waals surface area contributed by atoms with E-state index in [0.29, 0.717) is 6.54 Å². The molecule has 0 aliphatic carbocycles. The van der Waals surface area contributed by atoms with Gasteiger partial charge in [0.1, 0.15) is 11.5 Å². The topological polar surface area (TPSA) is 85.5 Å². The number of rotatable bonds is 4. The fraction of sp³-hybridized carbons (Fsp3) is 0.615. The van der Waals surface area contributed by atoms with Crippen molar-refractivity contribution in [1.29, 1.82) is 0 Å². The third-order valence-corrected chi connectivity index (χ3v) is 3.69. The number of primary amides is 1. The minimum absolute atomic E-state index is 0.0120. The largest absolute Gasteiger partial charge is 0.465 e. The molecule has 1 fully saturated rings. The first-order valence-electron chi connectivity index (χ1n) is 6.41. The van der Waals surface area contributed by atoms with Gasteiger partial charge in [-0.1, -0.05) is 0 Å². The summed E-state index contributed by atoms with van der Waals surface area (Å²) >= 11 is 0. The number of hydrogen-bond donors (Lipinski definition) is 2. The van der Waals surface area contributed by atoms with Crippen molar-refractivity contribution in [3.8, 4) is 0 Å². The van der Waals surface area contributed by atoms with E-state index in [9.17, 15) is 4.79 Å². The van der Waals surface area contributed by atoms with Crippen LogP contribution in [-0.4, -0.2) is 30.4 Å². The number of likely N-dealkylation sites (tertiary alicyclic amines) is 1. The Morgan fingerprint density at radius 2 is 2.17 bits per heavy atom. The lowest BCUT2D eigenvalue weighted by Gasteiger charge is -2.35. The van der Waals surface area contributed by atoms with Gasteiger partial charge in [0.05, 0.1) is 6.04 Å². The SMILES string of the molecule is Cc1ccc(C(CN)N2CCC(C(N)=O)CC2)o1. The summed E-state index contributed by atoms with van der Waals surface area (Å²) in [7, 11) is 0. The number of aryl methyl sites for hydroxylation is 1. The summed E-state index contributed by atoms with van der Waals surface area (Å²) in [5, 5.41) is 0. The zero-order valence-electron chi connectivity index (χ0n) is 10.8. The van der Waals surface area contributed by atoms with Gasteiger partial charge in [-0.15, -0.1) is 0 Å². The maximum atomic E-state index is 11.1. The fourth-order valence-corrected chi connectivity index (χ4v) is 2.57. The molecule has 4 N–H and O–H groups in total. The molecule has 2 heterocycles. The Balaban J connectivity index is 2.00. The van der Waals surface area contributed by atoms with Gasteiger partial charge in [0.2, 0.25) is 5.91 Å². The van der Waals surface area contributed by atoms with Crippen LogP contribution in [0.25, 0.3) is 0 Å². The van der Waals surface area contributed by atoms with Gasteiger partial charge in [0.15, 0.2) is 0 Å². The molecule has 1 aliphatic heterocycles. The summed E-state index contributed by atoms with van der Waals surface area (Å²) in [5.74, 6) is 1.63. The van der Waals surface area contributed by atoms with E-state index in [1.165, 1.54) is 0 Å². The minimum Gasteiger partial charge on any atom is -0.465 e. The van der Waals surface area contributed by atoms with Gasteiger partial charge in [0, 0.05) is 12.5 Å². The third-order valence-electron chi connectivity index (χ3n) is 3.69. The molecule has 1 aliphatic rings. The molecule has 0 aromatic carbocycles. The molecule has 1 unspecified atom stereocenters. The molecule has 0 radical (unpaired) electrons. The van der Waals surface area contributed by atoms with Crippen LogP contribution in [0.5, 0.6) is 0 Å². The molecule has 5 nitrogen and oxygen atoms in total. The molecular weight excluding hydrogens is 230 g/mol. The van der Waals surface area contributed by atoms with Crippen molar-refractivity contribution in [3.63, 3.8) is 0 Å². The highest BCUT2D eigenvalue weighted by molar-refractivity contribution is 5.76. The Kier molecular flexibility index (Phi) is 4.04. The number of nitrogens with zero attached hydrogens (tertiary/aromatic N) is 1. The van der Waals surface area contributed by atoms with Crippen molar-refractivity contribution in [2.24, 2.45) is 17.4 Å². The molecule has 1 aromatic heterocycles. The number of piperidine rings is 1. The Morgan fingerprint density at radius 3 is 2.61 bits per heavy atom.